The fourth-order valence-corrected chi connectivity index (χ4v) is 8.44. The standard InChI is InChI=1S/C40H31N/c1-22-18-23(2)38(24(3)19-22)41-34-13-9-7-11-28(34)32-21-26-14-16-29-35-25(15-17-30(36(26)35)39(32)41)20-31-27-10-6-8-12-33(27)40(4,5)37(29)31/h6-21H,1-5H3. The second kappa shape index (κ2) is 7.56. The van der Waals surface area contributed by atoms with Gasteiger partial charge in [0.15, 0.2) is 0 Å². The summed E-state index contributed by atoms with van der Waals surface area (Å²) in [5.74, 6) is 0. The van der Waals surface area contributed by atoms with Crippen LogP contribution >= 0.6 is 0 Å². The van der Waals surface area contributed by atoms with Gasteiger partial charge in [0.25, 0.3) is 0 Å². The number of hydrogen-bond donors (Lipinski definition) is 0. The Hall–Kier alpha value is -4.62. The Balaban J connectivity index is 1.50. The van der Waals surface area contributed by atoms with E-state index in [1.54, 1.807) is 0 Å². The third kappa shape index (κ3) is 2.77. The summed E-state index contributed by atoms with van der Waals surface area (Å²) >= 11 is 0. The maximum Gasteiger partial charge on any atom is 0.0620 e. The van der Waals surface area contributed by atoms with E-state index >= 15 is 0 Å². The van der Waals surface area contributed by atoms with Crippen LogP contribution in [0, 0.1) is 20.8 Å². The van der Waals surface area contributed by atoms with Crippen molar-refractivity contribution >= 4 is 54.1 Å². The van der Waals surface area contributed by atoms with Crippen molar-refractivity contribution in [1.29, 1.82) is 0 Å². The van der Waals surface area contributed by atoms with E-state index in [4.69, 9.17) is 0 Å². The van der Waals surface area contributed by atoms with E-state index in [-0.39, 0.29) is 5.41 Å². The Bertz CT molecular complexity index is 2390. The van der Waals surface area contributed by atoms with Gasteiger partial charge in [-0.2, -0.15) is 0 Å². The number of aryl methyl sites for hydroxylation is 3. The molecule has 0 spiro atoms. The van der Waals surface area contributed by atoms with Gasteiger partial charge in [-0.15, -0.1) is 0 Å². The highest BCUT2D eigenvalue weighted by atomic mass is 15.0. The van der Waals surface area contributed by atoms with Crippen molar-refractivity contribution in [2.75, 3.05) is 0 Å². The molecular weight excluding hydrogens is 494 g/mol. The van der Waals surface area contributed by atoms with Gasteiger partial charge in [0, 0.05) is 21.6 Å². The van der Waals surface area contributed by atoms with E-state index in [0.717, 1.165) is 0 Å². The van der Waals surface area contributed by atoms with Crippen LogP contribution in [0.15, 0.2) is 97.1 Å². The van der Waals surface area contributed by atoms with Gasteiger partial charge < -0.3 is 4.57 Å². The summed E-state index contributed by atoms with van der Waals surface area (Å²) < 4.78 is 2.55. The lowest BCUT2D eigenvalue weighted by Gasteiger charge is -2.24. The average Bonchev–Trinajstić information content (AvgIpc) is 3.40. The normalized spacial score (nSPS) is 14.2. The summed E-state index contributed by atoms with van der Waals surface area (Å²) in [5.41, 5.74) is 13.4. The lowest BCUT2D eigenvalue weighted by molar-refractivity contribution is 0.666. The molecule has 0 saturated heterocycles. The van der Waals surface area contributed by atoms with Crippen LogP contribution in [0.4, 0.5) is 0 Å². The first-order valence-electron chi connectivity index (χ1n) is 14.7. The maximum atomic E-state index is 2.55. The highest BCUT2D eigenvalue weighted by Crippen LogP contribution is 2.54. The van der Waals surface area contributed by atoms with E-state index in [2.05, 4.69) is 136 Å². The Morgan fingerprint density at radius 2 is 1.22 bits per heavy atom. The molecule has 1 aromatic heterocycles. The maximum absolute atomic E-state index is 2.55. The fraction of sp³-hybridized carbons (Fsp3) is 0.150. The van der Waals surface area contributed by atoms with Gasteiger partial charge in [-0.3, -0.25) is 0 Å². The molecule has 0 amide bonds. The SMILES string of the molecule is Cc1cc(C)c(-n2c3ccccc3c3cc4ccc5c6c(cc7ccc(c4c75)c32)-c2ccccc2C6(C)C)c(C)c1. The quantitative estimate of drug-likeness (QED) is 0.188. The first kappa shape index (κ1) is 23.1. The largest absolute Gasteiger partial charge is 0.308 e. The van der Waals surface area contributed by atoms with Crippen molar-refractivity contribution in [3.8, 4) is 16.8 Å². The summed E-state index contributed by atoms with van der Waals surface area (Å²) in [7, 11) is 0. The predicted octanol–water partition coefficient (Wildman–Crippen LogP) is 10.9. The Morgan fingerprint density at radius 3 is 2.02 bits per heavy atom. The third-order valence-corrected chi connectivity index (χ3v) is 9.91. The zero-order valence-corrected chi connectivity index (χ0v) is 24.2. The molecule has 196 valence electrons. The molecule has 0 saturated carbocycles. The van der Waals surface area contributed by atoms with Gasteiger partial charge in [0.2, 0.25) is 0 Å². The van der Waals surface area contributed by atoms with Crippen LogP contribution < -0.4 is 0 Å². The van der Waals surface area contributed by atoms with E-state index in [9.17, 15) is 0 Å². The van der Waals surface area contributed by atoms with E-state index < -0.39 is 0 Å². The van der Waals surface area contributed by atoms with Gasteiger partial charge in [0.1, 0.15) is 0 Å². The van der Waals surface area contributed by atoms with Crippen LogP contribution in [0.5, 0.6) is 0 Å². The van der Waals surface area contributed by atoms with Crippen molar-refractivity contribution in [2.24, 2.45) is 0 Å². The van der Waals surface area contributed by atoms with Gasteiger partial charge in [-0.25, -0.2) is 0 Å². The molecule has 0 atom stereocenters. The van der Waals surface area contributed by atoms with Gasteiger partial charge >= 0.3 is 0 Å². The summed E-state index contributed by atoms with van der Waals surface area (Å²) in [5, 5.41) is 10.8. The van der Waals surface area contributed by atoms with Crippen LogP contribution in [0.2, 0.25) is 0 Å². The fourth-order valence-electron chi connectivity index (χ4n) is 8.44. The van der Waals surface area contributed by atoms with Crippen LogP contribution in [-0.4, -0.2) is 4.57 Å². The summed E-state index contributed by atoms with van der Waals surface area (Å²) in [4.78, 5) is 0. The molecule has 0 unspecified atom stereocenters. The highest BCUT2D eigenvalue weighted by Gasteiger charge is 2.37. The Morgan fingerprint density at radius 1 is 0.561 bits per heavy atom. The molecule has 1 heterocycles. The predicted molar refractivity (Wildman–Crippen MR) is 176 cm³/mol. The smallest absolute Gasteiger partial charge is 0.0620 e. The topological polar surface area (TPSA) is 4.93 Å². The molecule has 0 radical (unpaired) electrons. The summed E-state index contributed by atoms with van der Waals surface area (Å²) in [6, 6.07) is 37.0. The Kier molecular flexibility index (Phi) is 4.26. The van der Waals surface area contributed by atoms with Crippen molar-refractivity contribution in [3.63, 3.8) is 0 Å². The minimum Gasteiger partial charge on any atom is -0.308 e. The summed E-state index contributed by atoms with van der Waals surface area (Å²) in [6.45, 7) is 11.5. The second-order valence-corrected chi connectivity index (χ2v) is 12.8. The lowest BCUT2D eigenvalue weighted by atomic mass is 9.78. The van der Waals surface area contributed by atoms with Crippen molar-refractivity contribution in [1.82, 2.24) is 4.57 Å². The molecule has 41 heavy (non-hydrogen) atoms. The number of para-hydroxylation sites is 1. The number of fused-ring (bicyclic) bond motifs is 8. The molecular formula is C40H31N. The molecule has 0 N–H and O–H groups in total. The number of aromatic nitrogens is 1. The van der Waals surface area contributed by atoms with Crippen molar-refractivity contribution in [3.05, 3.63) is 125 Å². The lowest BCUT2D eigenvalue weighted by Crippen LogP contribution is -2.15. The zero-order chi connectivity index (χ0) is 27.8. The molecule has 1 nitrogen and oxygen atoms in total. The van der Waals surface area contributed by atoms with E-state index in [0.29, 0.717) is 0 Å². The molecule has 7 aromatic carbocycles. The first-order chi connectivity index (χ1) is 19.8. The van der Waals surface area contributed by atoms with Gasteiger partial charge in [-0.05, 0) is 99.3 Å². The molecule has 0 fully saturated rings. The van der Waals surface area contributed by atoms with E-state index in [1.807, 2.05) is 0 Å². The number of nitrogens with zero attached hydrogens (tertiary/aromatic N) is 1. The molecule has 0 bridgehead atoms. The average molecular weight is 526 g/mol. The number of hydrogen-bond acceptors (Lipinski definition) is 0. The van der Waals surface area contributed by atoms with Crippen LogP contribution in [0.25, 0.3) is 70.9 Å². The third-order valence-electron chi connectivity index (χ3n) is 9.91. The van der Waals surface area contributed by atoms with Crippen molar-refractivity contribution in [2.45, 2.75) is 40.0 Å². The summed E-state index contributed by atoms with van der Waals surface area (Å²) in [6.07, 6.45) is 0. The minimum absolute atomic E-state index is 0.0470. The zero-order valence-electron chi connectivity index (χ0n) is 24.2. The molecule has 1 aliphatic rings. The highest BCUT2D eigenvalue weighted by molar-refractivity contribution is 6.32. The Labute approximate surface area is 240 Å². The molecule has 1 heteroatoms. The minimum atomic E-state index is -0.0470. The molecule has 1 aliphatic carbocycles. The number of benzene rings is 7. The van der Waals surface area contributed by atoms with Crippen LogP contribution in [0.1, 0.15) is 41.7 Å². The van der Waals surface area contributed by atoms with Crippen molar-refractivity contribution < 1.29 is 0 Å². The molecule has 0 aliphatic heterocycles. The first-order valence-corrected chi connectivity index (χ1v) is 14.7. The monoisotopic (exact) mass is 525 g/mol. The van der Waals surface area contributed by atoms with Gasteiger partial charge in [-0.1, -0.05) is 98.3 Å². The van der Waals surface area contributed by atoms with Gasteiger partial charge in [0.05, 0.1) is 16.7 Å². The van der Waals surface area contributed by atoms with Crippen LogP contribution in [-0.2, 0) is 5.41 Å². The van der Waals surface area contributed by atoms with Crippen LogP contribution in [0.3, 0.4) is 0 Å². The number of rotatable bonds is 1. The molecule has 9 rings (SSSR count). The molecule has 8 aromatic rings. The second-order valence-electron chi connectivity index (χ2n) is 12.8. The van der Waals surface area contributed by atoms with E-state index in [1.165, 1.54) is 98.8 Å².